The van der Waals surface area contributed by atoms with Crippen molar-refractivity contribution in [3.05, 3.63) is 64.0 Å². The van der Waals surface area contributed by atoms with Crippen LogP contribution in [-0.2, 0) is 4.79 Å². The van der Waals surface area contributed by atoms with Crippen molar-refractivity contribution < 1.29 is 18.7 Å². The van der Waals surface area contributed by atoms with Gasteiger partial charge in [0.15, 0.2) is 0 Å². The number of aryl methyl sites for hydroxylation is 2. The van der Waals surface area contributed by atoms with E-state index in [4.69, 9.17) is 9.26 Å². The summed E-state index contributed by atoms with van der Waals surface area (Å²) >= 11 is 1.26. The van der Waals surface area contributed by atoms with Gasteiger partial charge in [0.1, 0.15) is 5.75 Å². The van der Waals surface area contributed by atoms with E-state index in [2.05, 4.69) is 10.6 Å². The monoisotopic (exact) mass is 400 g/mol. The first-order chi connectivity index (χ1) is 13.5. The lowest BCUT2D eigenvalue weighted by atomic mass is 10.1. The Morgan fingerprint density at radius 3 is 2.61 bits per heavy atom. The number of hydrogen-bond donors (Lipinski definition) is 2. The Hall–Kier alpha value is -3.00. The number of nitrogens with zero attached hydrogens (tertiary/aromatic N) is 1. The van der Waals surface area contributed by atoms with Gasteiger partial charge in [0, 0.05) is 30.0 Å². The van der Waals surface area contributed by atoms with Gasteiger partial charge in [-0.3, -0.25) is 9.32 Å². The van der Waals surface area contributed by atoms with Crippen LogP contribution in [0.3, 0.4) is 0 Å². The maximum absolute atomic E-state index is 12.2. The lowest BCUT2D eigenvalue weighted by molar-refractivity contribution is -0.704. The lowest BCUT2D eigenvalue weighted by Gasteiger charge is -2.07. The minimum atomic E-state index is -0.476. The van der Waals surface area contributed by atoms with Gasteiger partial charge in [0.2, 0.25) is 11.6 Å². The van der Waals surface area contributed by atoms with Crippen molar-refractivity contribution in [1.82, 2.24) is 5.27 Å². The lowest BCUT2D eigenvalue weighted by Crippen LogP contribution is -2.36. The van der Waals surface area contributed by atoms with Crippen LogP contribution in [0.2, 0.25) is 0 Å². The molecule has 3 rings (SSSR count). The highest BCUT2D eigenvalue weighted by Crippen LogP contribution is 2.17. The van der Waals surface area contributed by atoms with Crippen LogP contribution in [-0.4, -0.2) is 24.0 Å². The topological polar surface area (TPSA) is 88.2 Å². The molecule has 0 spiro atoms. The van der Waals surface area contributed by atoms with E-state index < -0.39 is 5.63 Å². The fourth-order valence-corrected chi connectivity index (χ4v) is 3.48. The van der Waals surface area contributed by atoms with Crippen molar-refractivity contribution in [3.63, 3.8) is 0 Å². The second kappa shape index (κ2) is 8.79. The highest BCUT2D eigenvalue weighted by atomic mass is 32.2. The Kier molecular flexibility index (Phi) is 6.20. The van der Waals surface area contributed by atoms with E-state index in [-0.39, 0.29) is 12.3 Å². The first-order valence-corrected chi connectivity index (χ1v) is 9.74. The fraction of sp³-hybridized carbons (Fsp3) is 0.250. The van der Waals surface area contributed by atoms with Crippen molar-refractivity contribution >= 4 is 23.4 Å². The number of aromatic nitrogens is 2. The van der Waals surface area contributed by atoms with Crippen molar-refractivity contribution in [3.8, 4) is 11.4 Å². The first-order valence-electron chi connectivity index (χ1n) is 8.76. The van der Waals surface area contributed by atoms with Gasteiger partial charge >= 0.3 is 10.7 Å². The number of benzene rings is 2. The Bertz CT molecular complexity index is 1020. The molecule has 0 unspecified atom stereocenters. The van der Waals surface area contributed by atoms with E-state index in [0.717, 1.165) is 16.9 Å². The number of methoxy groups -OCH3 is 1. The van der Waals surface area contributed by atoms with Crippen LogP contribution in [0.25, 0.3) is 5.69 Å². The number of amides is 1. The quantitative estimate of drug-likeness (QED) is 0.470. The molecule has 8 heteroatoms. The number of anilines is 1. The van der Waals surface area contributed by atoms with Crippen LogP contribution >= 0.6 is 11.8 Å². The molecule has 0 aliphatic carbocycles. The molecular formula is C20H22N3O4S+. The van der Waals surface area contributed by atoms with E-state index in [0.29, 0.717) is 16.5 Å². The number of aromatic amines is 1. The van der Waals surface area contributed by atoms with Crippen molar-refractivity contribution in [2.24, 2.45) is 0 Å². The predicted octanol–water partition coefficient (Wildman–Crippen LogP) is 2.99. The third-order valence-corrected chi connectivity index (χ3v) is 5.33. The second-order valence-electron chi connectivity index (χ2n) is 6.27. The summed E-state index contributed by atoms with van der Waals surface area (Å²) < 4.78 is 11.6. The number of ether oxygens (including phenoxy) is 1. The molecule has 2 aromatic carbocycles. The number of nitrogens with one attached hydrogen (secondary N) is 2. The third-order valence-electron chi connectivity index (χ3n) is 4.30. The average Bonchev–Trinajstić information content (AvgIpc) is 3.05. The molecule has 7 nitrogen and oxygen atoms in total. The van der Waals surface area contributed by atoms with E-state index in [1.165, 1.54) is 17.3 Å². The third kappa shape index (κ3) is 4.64. The summed E-state index contributed by atoms with van der Waals surface area (Å²) in [6, 6.07) is 13.0. The van der Waals surface area contributed by atoms with Crippen molar-refractivity contribution in [2.45, 2.75) is 25.3 Å². The summed E-state index contributed by atoms with van der Waals surface area (Å²) in [7, 11) is 1.59. The standard InChI is InChI=1S/C20H21N3O4S/c1-13-4-5-15(12-14(13)2)21-18(24)10-11-28-19-20(25)27-22-23(19)16-6-8-17(26-3)9-7-16/h4-9,12H,10-11H2,1-3H3,(H-,21,22,24,25)/p+1. The van der Waals surface area contributed by atoms with Gasteiger partial charge < -0.3 is 10.1 Å². The van der Waals surface area contributed by atoms with E-state index in [1.54, 1.807) is 36.1 Å². The highest BCUT2D eigenvalue weighted by molar-refractivity contribution is 7.99. The molecule has 0 radical (unpaired) electrons. The van der Waals surface area contributed by atoms with Crippen LogP contribution < -0.4 is 20.4 Å². The van der Waals surface area contributed by atoms with Gasteiger partial charge in [-0.05, 0) is 71.0 Å². The molecule has 0 aliphatic heterocycles. The summed E-state index contributed by atoms with van der Waals surface area (Å²) in [4.78, 5) is 24.2. The Morgan fingerprint density at radius 1 is 1.18 bits per heavy atom. The SMILES string of the molecule is COc1ccc(-[n+]2[nH]oc(=O)c2SCCC(=O)Nc2ccc(C)c(C)c2)cc1. The number of hydrogen-bond acceptors (Lipinski definition) is 5. The summed E-state index contributed by atoms with van der Waals surface area (Å²) in [6.07, 6.45) is 0.269. The number of H-pyrrole nitrogens is 1. The van der Waals surface area contributed by atoms with E-state index >= 15 is 0 Å². The van der Waals surface area contributed by atoms with Crippen molar-refractivity contribution in [1.29, 1.82) is 0 Å². The van der Waals surface area contributed by atoms with Crippen LogP contribution in [0.5, 0.6) is 5.75 Å². The van der Waals surface area contributed by atoms with Gasteiger partial charge in [0.25, 0.3) is 0 Å². The molecule has 2 N–H and O–H groups in total. The first kappa shape index (κ1) is 19.8. The molecule has 0 saturated heterocycles. The van der Waals surface area contributed by atoms with Gasteiger partial charge in [-0.15, -0.1) is 0 Å². The molecule has 3 aromatic rings. The number of thioether (sulfide) groups is 1. The van der Waals surface area contributed by atoms with Gasteiger partial charge in [-0.2, -0.15) is 0 Å². The average molecular weight is 400 g/mol. The normalized spacial score (nSPS) is 10.7. The molecule has 0 fully saturated rings. The molecule has 146 valence electrons. The number of rotatable bonds is 7. The van der Waals surface area contributed by atoms with Crippen molar-refractivity contribution in [2.75, 3.05) is 18.2 Å². The Labute approximate surface area is 166 Å². The summed E-state index contributed by atoms with van der Waals surface area (Å²) in [5.74, 6) is 1.05. The number of carbonyl (C=O) groups excluding carboxylic acids is 1. The predicted molar refractivity (Wildman–Crippen MR) is 107 cm³/mol. The van der Waals surface area contributed by atoms with Crippen LogP contribution in [0.4, 0.5) is 5.69 Å². The zero-order valence-electron chi connectivity index (χ0n) is 15.9. The van der Waals surface area contributed by atoms with Crippen LogP contribution in [0.1, 0.15) is 17.5 Å². The van der Waals surface area contributed by atoms with Crippen LogP contribution in [0, 0.1) is 13.8 Å². The smallest absolute Gasteiger partial charge is 0.442 e. The Balaban J connectivity index is 1.61. The van der Waals surface area contributed by atoms with Gasteiger partial charge in [0.05, 0.1) is 7.11 Å². The molecule has 0 bridgehead atoms. The largest absolute Gasteiger partial charge is 0.497 e. The summed E-state index contributed by atoms with van der Waals surface area (Å²) in [5, 5.41) is 5.84. The van der Waals surface area contributed by atoms with E-state index in [9.17, 15) is 9.59 Å². The molecule has 1 aromatic heterocycles. The zero-order chi connectivity index (χ0) is 20.1. The molecule has 1 amide bonds. The van der Waals surface area contributed by atoms with Crippen LogP contribution in [0.15, 0.2) is 56.8 Å². The maximum atomic E-state index is 12.2. The minimum Gasteiger partial charge on any atom is -0.497 e. The molecule has 1 heterocycles. The Morgan fingerprint density at radius 2 is 1.93 bits per heavy atom. The molecular weight excluding hydrogens is 378 g/mol. The molecule has 0 atom stereocenters. The van der Waals surface area contributed by atoms with Gasteiger partial charge in [-0.1, -0.05) is 6.07 Å². The number of carbonyl (C=O) groups is 1. The summed E-state index contributed by atoms with van der Waals surface area (Å²) in [6.45, 7) is 4.03. The minimum absolute atomic E-state index is 0.105. The zero-order valence-corrected chi connectivity index (χ0v) is 16.8. The van der Waals surface area contributed by atoms with Gasteiger partial charge in [-0.25, -0.2) is 4.79 Å². The fourth-order valence-electron chi connectivity index (χ4n) is 2.57. The molecule has 28 heavy (non-hydrogen) atoms. The molecule has 0 aliphatic rings. The highest BCUT2D eigenvalue weighted by Gasteiger charge is 2.24. The molecule has 0 saturated carbocycles. The second-order valence-corrected chi connectivity index (χ2v) is 7.35. The summed E-state index contributed by atoms with van der Waals surface area (Å²) in [5.41, 5.74) is 3.32. The van der Waals surface area contributed by atoms with E-state index in [1.807, 2.05) is 32.0 Å². The maximum Gasteiger partial charge on any atom is 0.442 e.